The van der Waals surface area contributed by atoms with Gasteiger partial charge in [-0.1, -0.05) is 0 Å². The lowest BCUT2D eigenvalue weighted by Gasteiger charge is -2.18. The van der Waals surface area contributed by atoms with Gasteiger partial charge in [0.1, 0.15) is 12.4 Å². The highest BCUT2D eigenvalue weighted by atomic mass is 16.5. The van der Waals surface area contributed by atoms with Crippen molar-refractivity contribution >= 4 is 6.29 Å². The van der Waals surface area contributed by atoms with Gasteiger partial charge in [0.2, 0.25) is 0 Å². The van der Waals surface area contributed by atoms with Gasteiger partial charge in [0, 0.05) is 20.6 Å². The van der Waals surface area contributed by atoms with Gasteiger partial charge in [-0.3, -0.25) is 0 Å². The van der Waals surface area contributed by atoms with Crippen molar-refractivity contribution in [3.05, 3.63) is 0 Å². The van der Waals surface area contributed by atoms with Gasteiger partial charge in [0.15, 0.2) is 0 Å². The van der Waals surface area contributed by atoms with E-state index >= 15 is 0 Å². The number of carbonyl (C=O) groups is 1. The van der Waals surface area contributed by atoms with Gasteiger partial charge >= 0.3 is 0 Å². The molecule has 0 radical (unpaired) electrons. The van der Waals surface area contributed by atoms with E-state index < -0.39 is 12.2 Å². The quantitative estimate of drug-likeness (QED) is 0.540. The van der Waals surface area contributed by atoms with Gasteiger partial charge in [-0.25, -0.2) is 0 Å². The van der Waals surface area contributed by atoms with Gasteiger partial charge < -0.3 is 19.4 Å². The highest BCUT2D eigenvalue weighted by Gasteiger charge is 2.17. The molecule has 66 valence electrons. The minimum absolute atomic E-state index is 0.187. The first kappa shape index (κ1) is 10.6. The zero-order valence-electron chi connectivity index (χ0n) is 6.82. The zero-order valence-corrected chi connectivity index (χ0v) is 6.82. The second kappa shape index (κ2) is 6.27. The molecule has 0 amide bonds. The summed E-state index contributed by atoms with van der Waals surface area (Å²) in [4.78, 5) is 10.1. The number of aliphatic hydroxyl groups excluding tert-OH is 1. The Morgan fingerprint density at radius 3 is 2.55 bits per heavy atom. The van der Waals surface area contributed by atoms with Crippen molar-refractivity contribution in [2.24, 2.45) is 0 Å². The van der Waals surface area contributed by atoms with Gasteiger partial charge in [-0.15, -0.1) is 0 Å². The highest BCUT2D eigenvalue weighted by molar-refractivity contribution is 5.50. The fourth-order valence-electron chi connectivity index (χ4n) is 0.783. The number of methoxy groups -OCH3 is 2. The Balaban J connectivity index is 3.70. The van der Waals surface area contributed by atoms with Crippen molar-refractivity contribution in [3.63, 3.8) is 0 Å². The molecule has 0 aliphatic rings. The molecule has 0 bridgehead atoms. The topological polar surface area (TPSA) is 55.8 Å². The van der Waals surface area contributed by atoms with Gasteiger partial charge in [0.25, 0.3) is 0 Å². The van der Waals surface area contributed by atoms with Gasteiger partial charge in [-0.05, 0) is 0 Å². The fourth-order valence-corrected chi connectivity index (χ4v) is 0.783. The summed E-state index contributed by atoms with van der Waals surface area (Å²) in [6.07, 6.45) is -0.267. The molecule has 0 aromatic carbocycles. The van der Waals surface area contributed by atoms with Crippen molar-refractivity contribution in [2.75, 3.05) is 20.8 Å². The molecule has 4 heteroatoms. The Kier molecular flexibility index (Phi) is 6.02. The summed E-state index contributed by atoms with van der Waals surface area (Å²) in [5, 5.41) is 9.23. The van der Waals surface area contributed by atoms with Crippen molar-refractivity contribution in [1.29, 1.82) is 0 Å². The third kappa shape index (κ3) is 4.08. The lowest BCUT2D eigenvalue weighted by molar-refractivity contribution is -0.113. The standard InChI is InChI=1S/C7H14O4/c1-10-5-6(9)7(11-2)3-4-8/h4,6-7,9H,3,5H2,1-2H3/t6?,7-/m0/s1. The van der Waals surface area contributed by atoms with Crippen LogP contribution in [-0.4, -0.2) is 44.4 Å². The first-order valence-corrected chi connectivity index (χ1v) is 3.39. The summed E-state index contributed by atoms with van der Waals surface area (Å²) in [6.45, 7) is 0.187. The van der Waals surface area contributed by atoms with E-state index in [1.165, 1.54) is 14.2 Å². The molecule has 4 nitrogen and oxygen atoms in total. The fraction of sp³-hybridized carbons (Fsp3) is 0.857. The Bertz CT molecular complexity index is 105. The van der Waals surface area contributed by atoms with E-state index in [4.69, 9.17) is 4.74 Å². The molecule has 0 aliphatic carbocycles. The number of ether oxygens (including phenoxy) is 2. The van der Waals surface area contributed by atoms with Crippen LogP contribution in [0.5, 0.6) is 0 Å². The number of aldehydes is 1. The summed E-state index contributed by atoms with van der Waals surface area (Å²) in [7, 11) is 2.93. The maximum Gasteiger partial charge on any atom is 0.122 e. The molecule has 1 unspecified atom stereocenters. The summed E-state index contributed by atoms with van der Waals surface area (Å²) >= 11 is 0. The molecule has 2 atom stereocenters. The van der Waals surface area contributed by atoms with Crippen molar-refractivity contribution in [1.82, 2.24) is 0 Å². The van der Waals surface area contributed by atoms with E-state index in [2.05, 4.69) is 4.74 Å². The monoisotopic (exact) mass is 162 g/mol. The molecule has 0 fully saturated rings. The van der Waals surface area contributed by atoms with Gasteiger partial charge in [-0.2, -0.15) is 0 Å². The van der Waals surface area contributed by atoms with Crippen molar-refractivity contribution < 1.29 is 19.4 Å². The summed E-state index contributed by atoms with van der Waals surface area (Å²) < 4.78 is 9.53. The first-order chi connectivity index (χ1) is 5.26. The van der Waals surface area contributed by atoms with E-state index in [0.29, 0.717) is 6.29 Å². The van der Waals surface area contributed by atoms with Crippen LogP contribution >= 0.6 is 0 Å². The summed E-state index contributed by atoms with van der Waals surface area (Å²) in [5.41, 5.74) is 0. The summed E-state index contributed by atoms with van der Waals surface area (Å²) in [5.74, 6) is 0. The molecule has 0 saturated carbocycles. The van der Waals surface area contributed by atoms with Crippen LogP contribution in [0.1, 0.15) is 6.42 Å². The van der Waals surface area contributed by atoms with Crippen LogP contribution in [0.25, 0.3) is 0 Å². The van der Waals surface area contributed by atoms with E-state index in [1.54, 1.807) is 0 Å². The normalized spacial score (nSPS) is 15.9. The number of rotatable bonds is 6. The Hall–Kier alpha value is -0.450. The maximum atomic E-state index is 10.1. The van der Waals surface area contributed by atoms with E-state index in [-0.39, 0.29) is 13.0 Å². The number of carbonyl (C=O) groups excluding carboxylic acids is 1. The molecule has 0 spiro atoms. The second-order valence-electron chi connectivity index (χ2n) is 2.20. The third-order valence-electron chi connectivity index (χ3n) is 1.40. The average molecular weight is 162 g/mol. The van der Waals surface area contributed by atoms with Crippen LogP contribution < -0.4 is 0 Å². The maximum absolute atomic E-state index is 10.1. The van der Waals surface area contributed by atoms with Crippen LogP contribution in [0.3, 0.4) is 0 Å². The van der Waals surface area contributed by atoms with E-state index in [1.807, 2.05) is 0 Å². The van der Waals surface area contributed by atoms with E-state index in [0.717, 1.165) is 0 Å². The molecule has 0 aliphatic heterocycles. The number of aliphatic hydroxyl groups is 1. The largest absolute Gasteiger partial charge is 0.388 e. The molecule has 0 rings (SSSR count). The predicted octanol–water partition coefficient (Wildman–Crippen LogP) is -0.402. The molecule has 1 N–H and O–H groups in total. The second-order valence-corrected chi connectivity index (χ2v) is 2.20. The smallest absolute Gasteiger partial charge is 0.122 e. The third-order valence-corrected chi connectivity index (χ3v) is 1.40. The van der Waals surface area contributed by atoms with Crippen LogP contribution in [0.2, 0.25) is 0 Å². The Labute approximate surface area is 66.1 Å². The Morgan fingerprint density at radius 2 is 2.18 bits per heavy atom. The van der Waals surface area contributed by atoms with Gasteiger partial charge in [0.05, 0.1) is 12.7 Å². The minimum Gasteiger partial charge on any atom is -0.388 e. The van der Waals surface area contributed by atoms with Crippen LogP contribution in [0.15, 0.2) is 0 Å². The SMILES string of the molecule is COCC(O)[C@H](CC=O)OC. The molecule has 0 heterocycles. The predicted molar refractivity (Wildman–Crippen MR) is 39.4 cm³/mol. The van der Waals surface area contributed by atoms with Crippen LogP contribution in [-0.2, 0) is 14.3 Å². The first-order valence-electron chi connectivity index (χ1n) is 3.39. The lowest BCUT2D eigenvalue weighted by Crippen LogP contribution is -2.32. The molecule has 0 saturated heterocycles. The van der Waals surface area contributed by atoms with Crippen molar-refractivity contribution in [3.8, 4) is 0 Å². The number of hydrogen-bond donors (Lipinski definition) is 1. The molecular formula is C7H14O4. The van der Waals surface area contributed by atoms with E-state index in [9.17, 15) is 9.90 Å². The molecule has 11 heavy (non-hydrogen) atoms. The van der Waals surface area contributed by atoms with Crippen LogP contribution in [0.4, 0.5) is 0 Å². The van der Waals surface area contributed by atoms with Crippen molar-refractivity contribution in [2.45, 2.75) is 18.6 Å². The molecule has 0 aromatic heterocycles. The Morgan fingerprint density at radius 1 is 1.55 bits per heavy atom. The minimum atomic E-state index is -0.727. The highest BCUT2D eigenvalue weighted by Crippen LogP contribution is 2.01. The number of hydrogen-bond acceptors (Lipinski definition) is 4. The summed E-state index contributed by atoms with van der Waals surface area (Å²) in [6, 6.07) is 0. The zero-order chi connectivity index (χ0) is 8.69. The molecule has 0 aromatic rings. The van der Waals surface area contributed by atoms with Crippen LogP contribution in [0, 0.1) is 0 Å². The molecular weight excluding hydrogens is 148 g/mol. The lowest BCUT2D eigenvalue weighted by atomic mass is 10.1. The average Bonchev–Trinajstić information content (AvgIpc) is 2.00.